The van der Waals surface area contributed by atoms with Gasteiger partial charge in [-0.15, -0.1) is 0 Å². The molecule has 0 heterocycles. The molecule has 0 aliphatic rings. The van der Waals surface area contributed by atoms with Gasteiger partial charge in [0, 0.05) is 0 Å². The molecule has 0 saturated carbocycles. The van der Waals surface area contributed by atoms with Crippen LogP contribution in [-0.2, 0) is 12.0 Å². The third-order valence-corrected chi connectivity index (χ3v) is 2.42. The largest absolute Gasteiger partial charge is 0.394 e. The third-order valence-electron chi connectivity index (χ3n) is 2.42. The number of nitrogens with two attached hydrogens (primary N) is 1. The van der Waals surface area contributed by atoms with Crippen LogP contribution in [0.4, 0.5) is 4.39 Å². The van der Waals surface area contributed by atoms with E-state index in [0.29, 0.717) is 17.5 Å². The fourth-order valence-electron chi connectivity index (χ4n) is 1.54. The molecule has 0 fully saturated rings. The number of aliphatic hydroxyl groups excluding tert-OH is 1. The van der Waals surface area contributed by atoms with Gasteiger partial charge in [0.2, 0.25) is 0 Å². The van der Waals surface area contributed by atoms with Gasteiger partial charge in [-0.3, -0.25) is 0 Å². The molecule has 0 radical (unpaired) electrons. The summed E-state index contributed by atoms with van der Waals surface area (Å²) in [4.78, 5) is 0. The van der Waals surface area contributed by atoms with Gasteiger partial charge in [0.05, 0.1) is 12.1 Å². The van der Waals surface area contributed by atoms with E-state index >= 15 is 0 Å². The third kappa shape index (κ3) is 1.94. The lowest BCUT2D eigenvalue weighted by atomic mass is 9.88. The van der Waals surface area contributed by atoms with Crippen molar-refractivity contribution in [3.05, 3.63) is 35.1 Å². The summed E-state index contributed by atoms with van der Waals surface area (Å²) in [5.74, 6) is -0.255. The van der Waals surface area contributed by atoms with Gasteiger partial charge in [-0.1, -0.05) is 19.1 Å². The molecule has 1 unspecified atom stereocenters. The summed E-state index contributed by atoms with van der Waals surface area (Å²) in [5.41, 5.74) is 6.27. The van der Waals surface area contributed by atoms with E-state index in [2.05, 4.69) is 0 Å². The zero-order chi connectivity index (χ0) is 10.8. The van der Waals surface area contributed by atoms with E-state index in [0.717, 1.165) is 0 Å². The van der Waals surface area contributed by atoms with Gasteiger partial charge in [-0.2, -0.15) is 0 Å². The second kappa shape index (κ2) is 4.07. The lowest BCUT2D eigenvalue weighted by molar-refractivity contribution is 0.209. The topological polar surface area (TPSA) is 46.2 Å². The van der Waals surface area contributed by atoms with Crippen LogP contribution in [0.1, 0.15) is 25.0 Å². The van der Waals surface area contributed by atoms with Gasteiger partial charge in [-0.05, 0) is 30.5 Å². The van der Waals surface area contributed by atoms with Crippen molar-refractivity contribution in [1.82, 2.24) is 0 Å². The predicted octanol–water partition coefficient (Wildman–Crippen LogP) is 1.55. The van der Waals surface area contributed by atoms with Crippen LogP contribution >= 0.6 is 0 Å². The highest BCUT2D eigenvalue weighted by molar-refractivity contribution is 5.34. The lowest BCUT2D eigenvalue weighted by Gasteiger charge is -2.25. The number of benzene rings is 1. The van der Waals surface area contributed by atoms with Crippen molar-refractivity contribution in [2.24, 2.45) is 5.73 Å². The smallest absolute Gasteiger partial charge is 0.126 e. The Morgan fingerprint density at radius 2 is 2.14 bits per heavy atom. The summed E-state index contributed by atoms with van der Waals surface area (Å²) in [6.07, 6.45) is 0.578. The minimum absolute atomic E-state index is 0.191. The highest BCUT2D eigenvalue weighted by Gasteiger charge is 2.23. The Balaban J connectivity index is 3.27. The first-order valence-corrected chi connectivity index (χ1v) is 4.70. The fourth-order valence-corrected chi connectivity index (χ4v) is 1.54. The Labute approximate surface area is 83.6 Å². The quantitative estimate of drug-likeness (QED) is 0.772. The van der Waals surface area contributed by atoms with Crippen LogP contribution in [-0.4, -0.2) is 11.7 Å². The molecule has 0 spiro atoms. The maximum absolute atomic E-state index is 13.4. The molecular weight excluding hydrogens is 181 g/mol. The van der Waals surface area contributed by atoms with Gasteiger partial charge < -0.3 is 10.8 Å². The second-order valence-electron chi connectivity index (χ2n) is 3.70. The fraction of sp³-hybridized carbons (Fsp3) is 0.455. The number of rotatable bonds is 3. The molecule has 0 aliphatic heterocycles. The Morgan fingerprint density at radius 1 is 1.50 bits per heavy atom. The molecule has 1 aromatic carbocycles. The van der Waals surface area contributed by atoms with E-state index in [1.165, 1.54) is 6.07 Å². The standard InChI is InChI=1S/C11H16FNO/c1-3-8-9(11(2,13)7-14)5-4-6-10(8)12/h4-6,14H,3,7,13H2,1-2H3. The maximum Gasteiger partial charge on any atom is 0.126 e. The van der Waals surface area contributed by atoms with Gasteiger partial charge in [0.25, 0.3) is 0 Å². The van der Waals surface area contributed by atoms with Crippen molar-refractivity contribution in [1.29, 1.82) is 0 Å². The summed E-state index contributed by atoms with van der Waals surface area (Å²) in [5, 5.41) is 9.11. The molecule has 14 heavy (non-hydrogen) atoms. The van der Waals surface area contributed by atoms with Crippen molar-refractivity contribution in [3.63, 3.8) is 0 Å². The van der Waals surface area contributed by atoms with Gasteiger partial charge >= 0.3 is 0 Å². The molecule has 0 bridgehead atoms. The summed E-state index contributed by atoms with van der Waals surface area (Å²) in [6.45, 7) is 3.37. The minimum Gasteiger partial charge on any atom is -0.394 e. The van der Waals surface area contributed by atoms with E-state index in [4.69, 9.17) is 10.8 Å². The zero-order valence-corrected chi connectivity index (χ0v) is 8.55. The number of aliphatic hydroxyl groups is 1. The lowest BCUT2D eigenvalue weighted by Crippen LogP contribution is -2.38. The van der Waals surface area contributed by atoms with Crippen LogP contribution in [0.3, 0.4) is 0 Å². The number of hydrogen-bond acceptors (Lipinski definition) is 2. The van der Waals surface area contributed by atoms with Crippen molar-refractivity contribution in [2.75, 3.05) is 6.61 Å². The summed E-state index contributed by atoms with van der Waals surface area (Å²) in [7, 11) is 0. The minimum atomic E-state index is -0.868. The molecule has 3 heteroatoms. The molecule has 0 saturated heterocycles. The van der Waals surface area contributed by atoms with Crippen LogP contribution in [0.15, 0.2) is 18.2 Å². The first kappa shape index (κ1) is 11.1. The number of hydrogen-bond donors (Lipinski definition) is 2. The van der Waals surface area contributed by atoms with Crippen molar-refractivity contribution < 1.29 is 9.50 Å². The highest BCUT2D eigenvalue weighted by atomic mass is 19.1. The zero-order valence-electron chi connectivity index (χ0n) is 8.55. The maximum atomic E-state index is 13.4. The Kier molecular flexibility index (Phi) is 3.24. The molecule has 1 atom stereocenters. The summed E-state index contributed by atoms with van der Waals surface area (Å²) in [6, 6.07) is 4.79. The molecule has 1 rings (SSSR count). The Bertz CT molecular complexity index is 323. The van der Waals surface area contributed by atoms with Gasteiger partial charge in [0.1, 0.15) is 5.82 Å². The summed E-state index contributed by atoms with van der Waals surface area (Å²) >= 11 is 0. The molecule has 0 aliphatic carbocycles. The normalized spacial score (nSPS) is 15.2. The van der Waals surface area contributed by atoms with E-state index in [-0.39, 0.29) is 12.4 Å². The van der Waals surface area contributed by atoms with Crippen LogP contribution < -0.4 is 5.73 Å². The van der Waals surface area contributed by atoms with E-state index in [9.17, 15) is 4.39 Å². The average molecular weight is 197 g/mol. The molecular formula is C11H16FNO. The van der Waals surface area contributed by atoms with Gasteiger partial charge in [0.15, 0.2) is 0 Å². The van der Waals surface area contributed by atoms with Crippen molar-refractivity contribution >= 4 is 0 Å². The monoisotopic (exact) mass is 197 g/mol. The first-order valence-electron chi connectivity index (χ1n) is 4.70. The molecule has 2 nitrogen and oxygen atoms in total. The van der Waals surface area contributed by atoms with E-state index in [1.807, 2.05) is 6.92 Å². The second-order valence-corrected chi connectivity index (χ2v) is 3.70. The molecule has 78 valence electrons. The van der Waals surface area contributed by atoms with Gasteiger partial charge in [-0.25, -0.2) is 4.39 Å². The predicted molar refractivity (Wildman–Crippen MR) is 54.4 cm³/mol. The SMILES string of the molecule is CCc1c(F)cccc1C(C)(N)CO. The number of halogens is 1. The molecule has 1 aromatic rings. The molecule has 3 N–H and O–H groups in total. The van der Waals surface area contributed by atoms with E-state index < -0.39 is 5.54 Å². The molecule has 0 amide bonds. The first-order chi connectivity index (χ1) is 6.53. The summed E-state index contributed by atoms with van der Waals surface area (Å²) < 4.78 is 13.4. The average Bonchev–Trinajstić information content (AvgIpc) is 2.17. The van der Waals surface area contributed by atoms with Crippen LogP contribution in [0.25, 0.3) is 0 Å². The van der Waals surface area contributed by atoms with Crippen LogP contribution in [0.5, 0.6) is 0 Å². The highest BCUT2D eigenvalue weighted by Crippen LogP contribution is 2.24. The molecule has 0 aromatic heterocycles. The van der Waals surface area contributed by atoms with Crippen LogP contribution in [0.2, 0.25) is 0 Å². The van der Waals surface area contributed by atoms with Crippen molar-refractivity contribution in [3.8, 4) is 0 Å². The Hall–Kier alpha value is -0.930. The Morgan fingerprint density at radius 3 is 2.64 bits per heavy atom. The van der Waals surface area contributed by atoms with Crippen LogP contribution in [0, 0.1) is 5.82 Å². The van der Waals surface area contributed by atoms with E-state index in [1.54, 1.807) is 19.1 Å². The van der Waals surface area contributed by atoms with Crippen molar-refractivity contribution in [2.45, 2.75) is 25.8 Å².